The highest BCUT2D eigenvalue weighted by Crippen LogP contribution is 2.30. The van der Waals surface area contributed by atoms with Gasteiger partial charge in [0, 0.05) is 11.3 Å². The summed E-state index contributed by atoms with van der Waals surface area (Å²) < 4.78 is 71.0. The molecule has 0 amide bonds. The van der Waals surface area contributed by atoms with Crippen molar-refractivity contribution in [3.8, 4) is 22.7 Å². The number of ether oxygens (including phenoxy) is 1. The van der Waals surface area contributed by atoms with Crippen molar-refractivity contribution in [2.24, 2.45) is 0 Å². The average molecular weight is 459 g/mol. The van der Waals surface area contributed by atoms with Crippen LogP contribution in [0, 0.1) is 0 Å². The zero-order valence-corrected chi connectivity index (χ0v) is 17.1. The van der Waals surface area contributed by atoms with Gasteiger partial charge in [0.05, 0.1) is 11.9 Å². The Morgan fingerprint density at radius 3 is 2.03 bits per heavy atom. The largest absolute Gasteiger partial charge is 0.573 e. The quantitative estimate of drug-likeness (QED) is 0.428. The van der Waals surface area contributed by atoms with E-state index in [9.17, 15) is 21.6 Å². The summed E-state index contributed by atoms with van der Waals surface area (Å²) in [5.74, 6) is -0.456. The van der Waals surface area contributed by atoms with Crippen LogP contribution in [0.25, 0.3) is 16.9 Å². The van der Waals surface area contributed by atoms with E-state index in [1.165, 1.54) is 23.0 Å². The van der Waals surface area contributed by atoms with Crippen molar-refractivity contribution in [1.29, 1.82) is 0 Å². The number of para-hydroxylation sites is 1. The lowest BCUT2D eigenvalue weighted by Gasteiger charge is -2.11. The van der Waals surface area contributed by atoms with Crippen molar-refractivity contribution in [1.82, 2.24) is 9.78 Å². The second-order valence-electron chi connectivity index (χ2n) is 6.67. The third-order valence-electron chi connectivity index (χ3n) is 4.38. The standard InChI is InChI=1S/C22H16F3N3O3S/c23-22(24,25)31-19-13-11-17(12-14-19)27-32(29,30)20-15-28(18-9-5-2-6-10-18)26-21(20)16-7-3-1-4-8-16/h1-15,27H. The first-order chi connectivity index (χ1) is 15.2. The van der Waals surface area contributed by atoms with Crippen LogP contribution in [0.4, 0.5) is 18.9 Å². The van der Waals surface area contributed by atoms with Gasteiger partial charge in [0.2, 0.25) is 0 Å². The summed E-state index contributed by atoms with van der Waals surface area (Å²) in [6, 6.07) is 22.2. The number of sulfonamides is 1. The van der Waals surface area contributed by atoms with Crippen LogP contribution in [0.2, 0.25) is 0 Å². The summed E-state index contributed by atoms with van der Waals surface area (Å²) in [5.41, 5.74) is 1.57. The fourth-order valence-corrected chi connectivity index (χ4v) is 4.21. The van der Waals surface area contributed by atoms with E-state index in [1.54, 1.807) is 54.6 Å². The number of halogens is 3. The van der Waals surface area contributed by atoms with E-state index in [1.807, 2.05) is 6.07 Å². The van der Waals surface area contributed by atoms with Crippen LogP contribution in [0.3, 0.4) is 0 Å². The molecule has 0 saturated carbocycles. The van der Waals surface area contributed by atoms with Gasteiger partial charge in [-0.05, 0) is 36.4 Å². The second-order valence-corrected chi connectivity index (χ2v) is 8.32. The van der Waals surface area contributed by atoms with Gasteiger partial charge in [-0.15, -0.1) is 13.2 Å². The van der Waals surface area contributed by atoms with Crippen LogP contribution in [0.15, 0.2) is 96.0 Å². The number of hydrogen-bond donors (Lipinski definition) is 1. The molecule has 0 spiro atoms. The fourth-order valence-electron chi connectivity index (χ4n) is 3.00. The van der Waals surface area contributed by atoms with Gasteiger partial charge in [-0.1, -0.05) is 48.5 Å². The monoisotopic (exact) mass is 459 g/mol. The first-order valence-electron chi connectivity index (χ1n) is 9.30. The highest BCUT2D eigenvalue weighted by atomic mass is 32.2. The van der Waals surface area contributed by atoms with Crippen molar-refractivity contribution < 1.29 is 26.3 Å². The average Bonchev–Trinajstić information content (AvgIpc) is 3.22. The molecule has 0 saturated heterocycles. The number of nitrogens with zero attached hydrogens (tertiary/aromatic N) is 2. The second kappa shape index (κ2) is 8.39. The summed E-state index contributed by atoms with van der Waals surface area (Å²) in [7, 11) is -4.12. The van der Waals surface area contributed by atoms with Crippen LogP contribution in [0.5, 0.6) is 5.75 Å². The molecule has 1 heterocycles. The summed E-state index contributed by atoms with van der Waals surface area (Å²) in [4.78, 5) is -0.0804. The lowest BCUT2D eigenvalue weighted by molar-refractivity contribution is -0.274. The van der Waals surface area contributed by atoms with Crippen molar-refractivity contribution in [2.45, 2.75) is 11.3 Å². The molecule has 3 aromatic carbocycles. The molecular weight excluding hydrogens is 443 g/mol. The van der Waals surface area contributed by atoms with E-state index >= 15 is 0 Å². The Hall–Kier alpha value is -3.79. The molecule has 0 atom stereocenters. The van der Waals surface area contributed by atoms with Gasteiger partial charge < -0.3 is 4.74 Å². The van der Waals surface area contributed by atoms with Crippen LogP contribution in [-0.4, -0.2) is 24.6 Å². The van der Waals surface area contributed by atoms with E-state index in [0.717, 1.165) is 12.1 Å². The third kappa shape index (κ3) is 4.92. The molecule has 4 rings (SSSR count). The van der Waals surface area contributed by atoms with E-state index in [2.05, 4.69) is 14.6 Å². The molecule has 0 bridgehead atoms. The van der Waals surface area contributed by atoms with Crippen molar-refractivity contribution in [3.05, 3.63) is 91.1 Å². The van der Waals surface area contributed by atoms with E-state index < -0.39 is 22.1 Å². The van der Waals surface area contributed by atoms with Crippen LogP contribution < -0.4 is 9.46 Å². The lowest BCUT2D eigenvalue weighted by Crippen LogP contribution is -2.17. The van der Waals surface area contributed by atoms with Gasteiger partial charge in [-0.3, -0.25) is 4.72 Å². The molecule has 0 aliphatic heterocycles. The number of nitrogens with one attached hydrogen (secondary N) is 1. The Morgan fingerprint density at radius 2 is 1.44 bits per heavy atom. The Balaban J connectivity index is 1.70. The van der Waals surface area contributed by atoms with Gasteiger partial charge in [0.15, 0.2) is 0 Å². The Labute approximate surface area is 181 Å². The Bertz CT molecular complexity index is 1310. The van der Waals surface area contributed by atoms with Crippen molar-refractivity contribution >= 4 is 15.7 Å². The van der Waals surface area contributed by atoms with E-state index in [0.29, 0.717) is 11.3 Å². The molecule has 164 valence electrons. The minimum atomic E-state index is -4.84. The summed E-state index contributed by atoms with van der Waals surface area (Å²) >= 11 is 0. The Kier molecular flexibility index (Phi) is 5.62. The first-order valence-corrected chi connectivity index (χ1v) is 10.8. The summed E-state index contributed by atoms with van der Waals surface area (Å²) in [6.07, 6.45) is -3.45. The highest BCUT2D eigenvalue weighted by molar-refractivity contribution is 7.92. The number of rotatable bonds is 6. The van der Waals surface area contributed by atoms with Crippen LogP contribution in [-0.2, 0) is 10.0 Å². The summed E-state index contributed by atoms with van der Waals surface area (Å²) in [6.45, 7) is 0. The molecule has 32 heavy (non-hydrogen) atoms. The lowest BCUT2D eigenvalue weighted by atomic mass is 10.2. The predicted octanol–water partition coefficient (Wildman–Crippen LogP) is 5.24. The molecule has 0 radical (unpaired) electrons. The number of alkyl halides is 3. The molecule has 6 nitrogen and oxygen atoms in total. The summed E-state index contributed by atoms with van der Waals surface area (Å²) in [5, 5.41) is 4.47. The number of benzene rings is 3. The van der Waals surface area contributed by atoms with Crippen LogP contribution >= 0.6 is 0 Å². The maximum absolute atomic E-state index is 13.2. The smallest absolute Gasteiger partial charge is 0.406 e. The maximum atomic E-state index is 13.2. The van der Waals surface area contributed by atoms with Gasteiger partial charge >= 0.3 is 6.36 Å². The topological polar surface area (TPSA) is 73.2 Å². The molecule has 1 aromatic heterocycles. The van der Waals surface area contributed by atoms with Gasteiger partial charge in [-0.25, -0.2) is 13.1 Å². The number of hydrogen-bond acceptors (Lipinski definition) is 4. The van der Waals surface area contributed by atoms with E-state index in [4.69, 9.17) is 0 Å². The zero-order valence-electron chi connectivity index (χ0n) is 16.3. The molecule has 0 aliphatic rings. The third-order valence-corrected chi connectivity index (χ3v) is 5.76. The zero-order chi connectivity index (χ0) is 22.8. The first kappa shape index (κ1) is 21.4. The van der Waals surface area contributed by atoms with E-state index in [-0.39, 0.29) is 16.3 Å². The Morgan fingerprint density at radius 1 is 0.844 bits per heavy atom. The molecule has 0 fully saturated rings. The van der Waals surface area contributed by atoms with Gasteiger partial charge in [0.1, 0.15) is 16.3 Å². The molecule has 1 N–H and O–H groups in total. The number of anilines is 1. The van der Waals surface area contributed by atoms with Crippen molar-refractivity contribution in [3.63, 3.8) is 0 Å². The molecular formula is C22H16F3N3O3S. The van der Waals surface area contributed by atoms with Crippen molar-refractivity contribution in [2.75, 3.05) is 4.72 Å². The maximum Gasteiger partial charge on any atom is 0.573 e. The van der Waals surface area contributed by atoms with Gasteiger partial charge in [-0.2, -0.15) is 5.10 Å². The minimum absolute atomic E-state index is 0.0750. The molecule has 10 heteroatoms. The predicted molar refractivity (Wildman–Crippen MR) is 113 cm³/mol. The SMILES string of the molecule is O=S(=O)(Nc1ccc(OC(F)(F)F)cc1)c1cn(-c2ccccc2)nc1-c1ccccc1. The molecule has 0 aliphatic carbocycles. The minimum Gasteiger partial charge on any atom is -0.406 e. The number of aromatic nitrogens is 2. The van der Waals surface area contributed by atoms with Gasteiger partial charge in [0.25, 0.3) is 10.0 Å². The molecule has 4 aromatic rings. The normalized spacial score (nSPS) is 11.8. The highest BCUT2D eigenvalue weighted by Gasteiger charge is 2.31. The molecule has 0 unspecified atom stereocenters. The fraction of sp³-hybridized carbons (Fsp3) is 0.0455. The van der Waals surface area contributed by atoms with Crippen LogP contribution in [0.1, 0.15) is 0 Å².